The summed E-state index contributed by atoms with van der Waals surface area (Å²) >= 11 is 1.54. The second kappa shape index (κ2) is 6.54. The van der Waals surface area contributed by atoms with Crippen LogP contribution in [0.4, 0.5) is 4.79 Å². The smallest absolute Gasteiger partial charge is 0.315 e. The average molecular weight is 297 g/mol. The van der Waals surface area contributed by atoms with Crippen LogP contribution in [0, 0.1) is 12.3 Å². The van der Waals surface area contributed by atoms with E-state index in [0.717, 1.165) is 36.3 Å². The molecule has 2 rings (SSSR count). The van der Waals surface area contributed by atoms with E-state index in [0.29, 0.717) is 13.1 Å². The van der Waals surface area contributed by atoms with Crippen LogP contribution in [0.15, 0.2) is 5.51 Å². The zero-order valence-corrected chi connectivity index (χ0v) is 12.9. The van der Waals surface area contributed by atoms with Gasteiger partial charge in [-0.15, -0.1) is 11.3 Å². The third-order valence-corrected chi connectivity index (χ3v) is 5.12. The lowest BCUT2D eigenvalue weighted by molar-refractivity contribution is 0.00309. The van der Waals surface area contributed by atoms with Crippen LogP contribution in [0.1, 0.15) is 43.2 Å². The normalized spacial score (nSPS) is 26.2. The fourth-order valence-corrected chi connectivity index (χ4v) is 3.31. The molecule has 1 aromatic rings. The Morgan fingerprint density at radius 3 is 3.00 bits per heavy atom. The summed E-state index contributed by atoms with van der Waals surface area (Å²) in [6, 6.07) is -0.184. The summed E-state index contributed by atoms with van der Waals surface area (Å²) in [6.07, 6.45) is 3.67. The van der Waals surface area contributed by atoms with Crippen molar-refractivity contribution in [1.82, 2.24) is 15.6 Å². The molecular formula is C14H23N3O2S. The molecule has 20 heavy (non-hydrogen) atoms. The van der Waals surface area contributed by atoms with Gasteiger partial charge in [0.25, 0.3) is 0 Å². The van der Waals surface area contributed by atoms with Crippen molar-refractivity contribution in [3.05, 3.63) is 16.1 Å². The predicted octanol–water partition coefficient (Wildman–Crippen LogP) is 2.19. The largest absolute Gasteiger partial charge is 0.392 e. The first-order chi connectivity index (χ1) is 9.51. The average Bonchev–Trinajstić information content (AvgIpc) is 2.83. The highest BCUT2D eigenvalue weighted by Gasteiger charge is 2.35. The number of hydrogen-bond donors (Lipinski definition) is 3. The van der Waals surface area contributed by atoms with Crippen molar-refractivity contribution in [3.8, 4) is 0 Å². The summed E-state index contributed by atoms with van der Waals surface area (Å²) in [4.78, 5) is 17.0. The van der Waals surface area contributed by atoms with Gasteiger partial charge in [0.1, 0.15) is 0 Å². The highest BCUT2D eigenvalue weighted by atomic mass is 32.1. The molecule has 6 heteroatoms. The molecule has 0 spiro atoms. The summed E-state index contributed by atoms with van der Waals surface area (Å²) in [6.45, 7) is 5.00. The fraction of sp³-hybridized carbons (Fsp3) is 0.714. The van der Waals surface area contributed by atoms with E-state index in [1.165, 1.54) is 0 Å². The Morgan fingerprint density at radius 1 is 1.55 bits per heavy atom. The quantitative estimate of drug-likeness (QED) is 0.797. The first-order valence-corrected chi connectivity index (χ1v) is 7.98. The van der Waals surface area contributed by atoms with Crippen molar-refractivity contribution in [2.45, 2.75) is 52.2 Å². The van der Waals surface area contributed by atoms with E-state index in [2.05, 4.69) is 15.6 Å². The van der Waals surface area contributed by atoms with Crippen LogP contribution < -0.4 is 10.6 Å². The molecule has 3 N–H and O–H groups in total. The lowest BCUT2D eigenvalue weighted by Gasteiger charge is -2.38. The van der Waals surface area contributed by atoms with Crippen LogP contribution in [-0.2, 0) is 6.54 Å². The van der Waals surface area contributed by atoms with Crippen LogP contribution in [0.5, 0.6) is 0 Å². The third-order valence-electron chi connectivity index (χ3n) is 4.19. The minimum atomic E-state index is -0.319. The monoisotopic (exact) mass is 297 g/mol. The van der Waals surface area contributed by atoms with Gasteiger partial charge in [0, 0.05) is 16.8 Å². The van der Waals surface area contributed by atoms with E-state index >= 15 is 0 Å². The summed E-state index contributed by atoms with van der Waals surface area (Å²) in [5.74, 6) is 0. The van der Waals surface area contributed by atoms with Gasteiger partial charge in [-0.1, -0.05) is 19.8 Å². The molecular weight excluding hydrogens is 274 g/mol. The van der Waals surface area contributed by atoms with E-state index in [1.807, 2.05) is 13.8 Å². The molecule has 2 unspecified atom stereocenters. The SMILES string of the molecule is Cc1ncsc1CNC(=O)NCC1(C)CCCCC1O. The van der Waals surface area contributed by atoms with Gasteiger partial charge in [0.2, 0.25) is 0 Å². The molecule has 0 aromatic carbocycles. The minimum absolute atomic E-state index is 0.184. The number of thiazole rings is 1. The van der Waals surface area contributed by atoms with Crippen LogP contribution >= 0.6 is 11.3 Å². The van der Waals surface area contributed by atoms with Gasteiger partial charge in [0.15, 0.2) is 0 Å². The number of aliphatic hydroxyl groups excluding tert-OH is 1. The number of aliphatic hydroxyl groups is 1. The molecule has 112 valence electrons. The van der Waals surface area contributed by atoms with Crippen molar-refractivity contribution in [1.29, 1.82) is 0 Å². The Hall–Kier alpha value is -1.14. The molecule has 0 saturated heterocycles. The molecule has 1 aliphatic carbocycles. The van der Waals surface area contributed by atoms with Crippen LogP contribution in [-0.4, -0.2) is 28.8 Å². The van der Waals surface area contributed by atoms with Gasteiger partial charge in [0.05, 0.1) is 23.9 Å². The maximum atomic E-state index is 11.8. The zero-order valence-electron chi connectivity index (χ0n) is 12.1. The van der Waals surface area contributed by atoms with Crippen LogP contribution in [0.2, 0.25) is 0 Å². The highest BCUT2D eigenvalue weighted by Crippen LogP contribution is 2.35. The number of aromatic nitrogens is 1. The number of nitrogens with one attached hydrogen (secondary N) is 2. The Labute approximate surface area is 123 Å². The summed E-state index contributed by atoms with van der Waals surface area (Å²) in [5, 5.41) is 15.8. The van der Waals surface area contributed by atoms with Crippen molar-refractivity contribution >= 4 is 17.4 Å². The van der Waals surface area contributed by atoms with E-state index in [-0.39, 0.29) is 17.6 Å². The van der Waals surface area contributed by atoms with E-state index < -0.39 is 0 Å². The second-order valence-electron chi connectivity index (χ2n) is 5.81. The molecule has 1 aromatic heterocycles. The van der Waals surface area contributed by atoms with E-state index in [4.69, 9.17) is 0 Å². The van der Waals surface area contributed by atoms with E-state index in [1.54, 1.807) is 16.8 Å². The Morgan fingerprint density at radius 2 is 2.35 bits per heavy atom. The zero-order chi connectivity index (χ0) is 14.6. The van der Waals surface area contributed by atoms with Crippen molar-refractivity contribution in [2.75, 3.05) is 6.54 Å². The van der Waals surface area contributed by atoms with Gasteiger partial charge in [-0.25, -0.2) is 9.78 Å². The third kappa shape index (κ3) is 3.70. The van der Waals surface area contributed by atoms with Crippen LogP contribution in [0.3, 0.4) is 0 Å². The number of rotatable bonds is 4. The molecule has 1 heterocycles. The van der Waals surface area contributed by atoms with Gasteiger partial charge in [-0.05, 0) is 19.8 Å². The molecule has 0 aliphatic heterocycles. The molecule has 2 atom stereocenters. The number of nitrogens with zero attached hydrogens (tertiary/aromatic N) is 1. The Kier molecular flexibility index (Phi) is 4.99. The summed E-state index contributed by atoms with van der Waals surface area (Å²) < 4.78 is 0. The Balaban J connectivity index is 1.76. The van der Waals surface area contributed by atoms with Gasteiger partial charge in [-0.3, -0.25) is 0 Å². The predicted molar refractivity (Wildman–Crippen MR) is 79.7 cm³/mol. The molecule has 1 saturated carbocycles. The first-order valence-electron chi connectivity index (χ1n) is 7.10. The first kappa shape index (κ1) is 15.3. The van der Waals surface area contributed by atoms with Crippen LogP contribution in [0.25, 0.3) is 0 Å². The number of amides is 2. The number of carbonyl (C=O) groups is 1. The lowest BCUT2D eigenvalue weighted by Crippen LogP contribution is -2.47. The molecule has 1 fully saturated rings. The molecule has 2 amide bonds. The van der Waals surface area contributed by atoms with Crippen molar-refractivity contribution in [2.24, 2.45) is 5.41 Å². The minimum Gasteiger partial charge on any atom is -0.392 e. The number of carbonyl (C=O) groups excluding carboxylic acids is 1. The summed E-state index contributed by atoms with van der Waals surface area (Å²) in [7, 11) is 0. The molecule has 0 radical (unpaired) electrons. The molecule has 1 aliphatic rings. The number of hydrogen-bond acceptors (Lipinski definition) is 4. The fourth-order valence-electron chi connectivity index (χ4n) is 2.59. The lowest BCUT2D eigenvalue weighted by atomic mass is 9.73. The molecule has 5 nitrogen and oxygen atoms in total. The van der Waals surface area contributed by atoms with Crippen molar-refractivity contribution in [3.63, 3.8) is 0 Å². The molecule has 0 bridgehead atoms. The van der Waals surface area contributed by atoms with Gasteiger partial charge in [-0.2, -0.15) is 0 Å². The standard InChI is InChI=1S/C14H23N3O2S/c1-10-11(20-9-17-10)7-15-13(19)16-8-14(2)6-4-3-5-12(14)18/h9,12,18H,3-8H2,1-2H3,(H2,15,16,19). The number of urea groups is 1. The van der Waals surface area contributed by atoms with E-state index in [9.17, 15) is 9.90 Å². The van der Waals surface area contributed by atoms with Crippen molar-refractivity contribution < 1.29 is 9.90 Å². The number of aryl methyl sites for hydroxylation is 1. The maximum absolute atomic E-state index is 11.8. The van der Waals surface area contributed by atoms with Gasteiger partial charge < -0.3 is 15.7 Å². The summed E-state index contributed by atoms with van der Waals surface area (Å²) in [5.41, 5.74) is 2.55. The maximum Gasteiger partial charge on any atom is 0.315 e. The van der Waals surface area contributed by atoms with Gasteiger partial charge >= 0.3 is 6.03 Å². The highest BCUT2D eigenvalue weighted by molar-refractivity contribution is 7.09. The topological polar surface area (TPSA) is 74.2 Å². The second-order valence-corrected chi connectivity index (χ2v) is 6.75. The Bertz CT molecular complexity index is 463.